The zero-order valence-corrected chi connectivity index (χ0v) is 10.8. The van der Waals surface area contributed by atoms with Gasteiger partial charge in [-0.25, -0.2) is 9.97 Å². The summed E-state index contributed by atoms with van der Waals surface area (Å²) in [6, 6.07) is 4.23. The molecule has 0 saturated carbocycles. The molecule has 80 valence electrons. The maximum Gasteiger partial charge on any atom is 0.141 e. The highest BCUT2D eigenvalue weighted by molar-refractivity contribution is 7.19. The highest BCUT2D eigenvalue weighted by Gasteiger charge is 2.12. The van der Waals surface area contributed by atoms with Gasteiger partial charge in [0.1, 0.15) is 16.3 Å². The molecule has 0 spiro atoms. The Morgan fingerprint density at radius 1 is 1.25 bits per heavy atom. The number of hydrogen-bond donors (Lipinski definition) is 0. The van der Waals surface area contributed by atoms with E-state index in [0.717, 1.165) is 15.8 Å². The minimum atomic E-state index is 0.535. The van der Waals surface area contributed by atoms with E-state index in [1.54, 1.807) is 22.7 Å². The van der Waals surface area contributed by atoms with Gasteiger partial charge in [-0.1, -0.05) is 11.6 Å². The van der Waals surface area contributed by atoms with Gasteiger partial charge in [0.25, 0.3) is 0 Å². The topological polar surface area (TPSA) is 25.8 Å². The average Bonchev–Trinajstić information content (AvgIpc) is 2.84. The van der Waals surface area contributed by atoms with Crippen LogP contribution in [0.2, 0.25) is 5.15 Å². The second-order valence-electron chi connectivity index (χ2n) is 3.40. The summed E-state index contributed by atoms with van der Waals surface area (Å²) in [5, 5.41) is 3.60. The first-order chi connectivity index (χ1) is 7.75. The average molecular weight is 267 g/mol. The van der Waals surface area contributed by atoms with Crippen LogP contribution in [-0.4, -0.2) is 9.97 Å². The molecule has 0 amide bonds. The lowest BCUT2D eigenvalue weighted by molar-refractivity contribution is 1.23. The van der Waals surface area contributed by atoms with E-state index in [1.165, 1.54) is 16.1 Å². The van der Waals surface area contributed by atoms with Crippen molar-refractivity contribution in [3.63, 3.8) is 0 Å². The minimum Gasteiger partial charge on any atom is -0.225 e. The van der Waals surface area contributed by atoms with Crippen LogP contribution in [-0.2, 0) is 0 Å². The van der Waals surface area contributed by atoms with Gasteiger partial charge >= 0.3 is 0 Å². The van der Waals surface area contributed by atoms with Crippen molar-refractivity contribution in [1.82, 2.24) is 9.97 Å². The second-order valence-corrected chi connectivity index (χ2v) is 5.91. The maximum atomic E-state index is 6.12. The first-order valence-electron chi connectivity index (χ1n) is 4.70. The van der Waals surface area contributed by atoms with E-state index >= 15 is 0 Å². The van der Waals surface area contributed by atoms with Gasteiger partial charge in [0.15, 0.2) is 0 Å². The third-order valence-electron chi connectivity index (χ3n) is 2.33. The van der Waals surface area contributed by atoms with Crippen molar-refractivity contribution in [2.75, 3.05) is 0 Å². The van der Waals surface area contributed by atoms with Gasteiger partial charge in [0.2, 0.25) is 0 Å². The summed E-state index contributed by atoms with van der Waals surface area (Å²) in [5.74, 6) is 0. The zero-order chi connectivity index (χ0) is 11.1. The Kier molecular flexibility index (Phi) is 2.42. The normalized spacial score (nSPS) is 11.1. The number of aromatic nitrogens is 2. The highest BCUT2D eigenvalue weighted by atomic mass is 35.5. The quantitative estimate of drug-likeness (QED) is 0.611. The van der Waals surface area contributed by atoms with E-state index in [2.05, 4.69) is 34.4 Å². The molecule has 0 saturated heterocycles. The number of rotatable bonds is 1. The van der Waals surface area contributed by atoms with E-state index in [0.29, 0.717) is 5.15 Å². The summed E-state index contributed by atoms with van der Waals surface area (Å²) < 4.78 is 0. The van der Waals surface area contributed by atoms with Gasteiger partial charge < -0.3 is 0 Å². The van der Waals surface area contributed by atoms with Crippen LogP contribution in [0.15, 0.2) is 23.8 Å². The van der Waals surface area contributed by atoms with E-state index in [9.17, 15) is 0 Å². The fraction of sp³-hybridized carbons (Fsp3) is 0.0909. The molecule has 3 aromatic rings. The monoisotopic (exact) mass is 266 g/mol. The molecule has 0 radical (unpaired) electrons. The van der Waals surface area contributed by atoms with Crippen molar-refractivity contribution in [2.45, 2.75) is 6.92 Å². The Balaban J connectivity index is 2.32. The van der Waals surface area contributed by atoms with Crippen LogP contribution in [0.5, 0.6) is 0 Å². The summed E-state index contributed by atoms with van der Waals surface area (Å²) in [6.07, 6.45) is 1.50. The summed E-state index contributed by atoms with van der Waals surface area (Å²) in [5.41, 5.74) is 1.14. The molecule has 16 heavy (non-hydrogen) atoms. The SMILES string of the molecule is Cc1ccc(-c2csc3ncnc(Cl)c23)s1. The van der Waals surface area contributed by atoms with E-state index < -0.39 is 0 Å². The predicted molar refractivity (Wildman–Crippen MR) is 70.5 cm³/mol. The highest BCUT2D eigenvalue weighted by Crippen LogP contribution is 2.38. The fourth-order valence-electron chi connectivity index (χ4n) is 1.60. The third-order valence-corrected chi connectivity index (χ3v) is 4.54. The van der Waals surface area contributed by atoms with Crippen LogP contribution < -0.4 is 0 Å². The first kappa shape index (κ1) is 10.2. The second kappa shape index (κ2) is 3.80. The van der Waals surface area contributed by atoms with Gasteiger partial charge in [0.05, 0.1) is 5.39 Å². The van der Waals surface area contributed by atoms with E-state index in [1.807, 2.05) is 0 Å². The number of nitrogens with zero attached hydrogens (tertiary/aromatic N) is 2. The lowest BCUT2D eigenvalue weighted by Gasteiger charge is -1.96. The molecule has 3 heterocycles. The molecule has 0 aromatic carbocycles. The Bertz CT molecular complexity index is 657. The van der Waals surface area contributed by atoms with Crippen LogP contribution >= 0.6 is 34.3 Å². The van der Waals surface area contributed by atoms with E-state index in [-0.39, 0.29) is 0 Å². The summed E-state index contributed by atoms with van der Waals surface area (Å²) in [7, 11) is 0. The number of hydrogen-bond acceptors (Lipinski definition) is 4. The lowest BCUT2D eigenvalue weighted by Crippen LogP contribution is -1.79. The molecule has 2 nitrogen and oxygen atoms in total. The number of thiophene rings is 2. The van der Waals surface area contributed by atoms with Crippen LogP contribution in [0.4, 0.5) is 0 Å². The van der Waals surface area contributed by atoms with Gasteiger partial charge in [-0.05, 0) is 19.1 Å². The lowest BCUT2D eigenvalue weighted by atomic mass is 10.2. The summed E-state index contributed by atoms with van der Waals surface area (Å²) >= 11 is 9.49. The van der Waals surface area contributed by atoms with Gasteiger partial charge in [0, 0.05) is 20.7 Å². The molecule has 0 bridgehead atoms. The van der Waals surface area contributed by atoms with Crippen molar-refractivity contribution in [2.24, 2.45) is 0 Å². The van der Waals surface area contributed by atoms with Gasteiger partial charge in [-0.3, -0.25) is 0 Å². The number of fused-ring (bicyclic) bond motifs is 1. The smallest absolute Gasteiger partial charge is 0.141 e. The molecule has 0 aliphatic heterocycles. The van der Waals surface area contributed by atoms with Gasteiger partial charge in [-0.15, -0.1) is 22.7 Å². The first-order valence-corrected chi connectivity index (χ1v) is 6.77. The van der Waals surface area contributed by atoms with Crippen LogP contribution in [0.3, 0.4) is 0 Å². The molecule has 0 fully saturated rings. The molecule has 0 aliphatic rings. The minimum absolute atomic E-state index is 0.535. The summed E-state index contributed by atoms with van der Waals surface area (Å²) in [6.45, 7) is 2.10. The number of aryl methyl sites for hydroxylation is 1. The zero-order valence-electron chi connectivity index (χ0n) is 8.40. The molecule has 0 aliphatic carbocycles. The molecule has 0 atom stereocenters. The van der Waals surface area contributed by atoms with Crippen molar-refractivity contribution in [3.05, 3.63) is 33.9 Å². The molecular weight excluding hydrogens is 260 g/mol. The van der Waals surface area contributed by atoms with E-state index in [4.69, 9.17) is 11.6 Å². The molecule has 5 heteroatoms. The standard InChI is InChI=1S/C11H7ClN2S2/c1-6-2-3-8(16-6)7-4-15-11-9(7)10(12)13-5-14-11/h2-5H,1H3. The van der Waals surface area contributed by atoms with Crippen molar-refractivity contribution < 1.29 is 0 Å². The van der Waals surface area contributed by atoms with Crippen molar-refractivity contribution in [1.29, 1.82) is 0 Å². The molecule has 0 unspecified atom stereocenters. The van der Waals surface area contributed by atoms with Gasteiger partial charge in [-0.2, -0.15) is 0 Å². The van der Waals surface area contributed by atoms with Crippen molar-refractivity contribution >= 4 is 44.5 Å². The van der Waals surface area contributed by atoms with Crippen LogP contribution in [0.1, 0.15) is 4.88 Å². The Morgan fingerprint density at radius 3 is 2.88 bits per heavy atom. The van der Waals surface area contributed by atoms with Crippen molar-refractivity contribution in [3.8, 4) is 10.4 Å². The summed E-state index contributed by atoms with van der Waals surface area (Å²) in [4.78, 5) is 11.7. The predicted octanol–water partition coefficient (Wildman–Crippen LogP) is 4.38. The number of halogens is 1. The third kappa shape index (κ3) is 1.54. The Hall–Kier alpha value is -0.970. The largest absolute Gasteiger partial charge is 0.225 e. The fourth-order valence-corrected chi connectivity index (χ4v) is 3.76. The molecular formula is C11H7ClN2S2. The molecule has 3 aromatic heterocycles. The molecule has 0 N–H and O–H groups in total. The Morgan fingerprint density at radius 2 is 2.12 bits per heavy atom. The van der Waals surface area contributed by atoms with Crippen LogP contribution in [0.25, 0.3) is 20.7 Å². The maximum absolute atomic E-state index is 6.12. The van der Waals surface area contributed by atoms with Crippen LogP contribution in [0, 0.1) is 6.92 Å². The molecule has 3 rings (SSSR count). The Labute approximate surface area is 106 Å².